The van der Waals surface area contributed by atoms with Crippen LogP contribution in [0.15, 0.2) is 16.9 Å². The second-order valence-electron chi connectivity index (χ2n) is 5.51. The molecule has 0 aliphatic heterocycles. The van der Waals surface area contributed by atoms with Crippen molar-refractivity contribution in [2.75, 3.05) is 13.3 Å². The number of hydrogen-bond donors (Lipinski definition) is 1. The zero-order valence-corrected chi connectivity index (χ0v) is 13.6. The SMILES string of the molecule is CC/C=N\C(=C\CC)N(N)COCC[Si](C)(C)C. The zero-order valence-electron chi connectivity index (χ0n) is 12.6. The van der Waals surface area contributed by atoms with Crippen molar-refractivity contribution in [1.29, 1.82) is 0 Å². The predicted octanol–water partition coefficient (Wildman–Crippen LogP) is 3.21. The molecule has 0 heterocycles. The number of nitrogens with zero attached hydrogens (tertiary/aromatic N) is 2. The summed E-state index contributed by atoms with van der Waals surface area (Å²) in [7, 11) is -1.02. The van der Waals surface area contributed by atoms with Crippen LogP contribution in [0.2, 0.25) is 25.7 Å². The standard InChI is InChI=1S/C13H29N3OSi/c1-6-8-13(15-9-7-2)16(14)12-17-10-11-18(3,4)5/h8-9H,6-7,10-12,14H2,1-5H3/b13-8-,15-9-. The molecule has 0 bridgehead atoms. The van der Waals surface area contributed by atoms with Gasteiger partial charge >= 0.3 is 0 Å². The van der Waals surface area contributed by atoms with Gasteiger partial charge < -0.3 is 4.74 Å². The molecule has 0 fully saturated rings. The highest BCUT2D eigenvalue weighted by atomic mass is 28.3. The molecule has 0 saturated carbocycles. The van der Waals surface area contributed by atoms with Gasteiger partial charge in [0.25, 0.3) is 0 Å². The highest BCUT2D eigenvalue weighted by Gasteiger charge is 2.12. The van der Waals surface area contributed by atoms with E-state index in [1.807, 2.05) is 12.3 Å². The summed E-state index contributed by atoms with van der Waals surface area (Å²) in [4.78, 5) is 4.33. The molecule has 0 aromatic rings. The first-order chi connectivity index (χ1) is 8.40. The van der Waals surface area contributed by atoms with Crippen molar-refractivity contribution in [3.8, 4) is 0 Å². The summed E-state index contributed by atoms with van der Waals surface area (Å²) >= 11 is 0. The minimum atomic E-state index is -1.02. The van der Waals surface area contributed by atoms with Crippen molar-refractivity contribution in [3.05, 3.63) is 11.9 Å². The lowest BCUT2D eigenvalue weighted by molar-refractivity contribution is 0.0539. The van der Waals surface area contributed by atoms with E-state index in [4.69, 9.17) is 10.6 Å². The highest BCUT2D eigenvalue weighted by Crippen LogP contribution is 2.08. The second kappa shape index (κ2) is 9.30. The summed E-state index contributed by atoms with van der Waals surface area (Å²) in [5.41, 5.74) is 0. The fraction of sp³-hybridized carbons (Fsp3) is 0.769. The maximum absolute atomic E-state index is 5.93. The molecule has 0 aliphatic carbocycles. The maximum Gasteiger partial charge on any atom is 0.140 e. The normalized spacial score (nSPS) is 13.3. The van der Waals surface area contributed by atoms with E-state index in [-0.39, 0.29) is 0 Å². The lowest BCUT2D eigenvalue weighted by atomic mass is 10.4. The van der Waals surface area contributed by atoms with Crippen LogP contribution in [0.25, 0.3) is 0 Å². The van der Waals surface area contributed by atoms with Crippen LogP contribution in [0.1, 0.15) is 26.7 Å². The van der Waals surface area contributed by atoms with Crippen LogP contribution < -0.4 is 5.84 Å². The molecule has 4 nitrogen and oxygen atoms in total. The Bertz CT molecular complexity index is 272. The molecular formula is C13H29N3OSi. The van der Waals surface area contributed by atoms with Crippen LogP contribution >= 0.6 is 0 Å². The number of ether oxygens (including phenoxy) is 1. The van der Waals surface area contributed by atoms with Crippen molar-refractivity contribution in [1.82, 2.24) is 5.01 Å². The van der Waals surface area contributed by atoms with Gasteiger partial charge in [0.2, 0.25) is 0 Å². The summed E-state index contributed by atoms with van der Waals surface area (Å²) in [6.45, 7) is 12.3. The molecular weight excluding hydrogens is 242 g/mol. The highest BCUT2D eigenvalue weighted by molar-refractivity contribution is 6.76. The lowest BCUT2D eigenvalue weighted by Crippen LogP contribution is -2.33. The fourth-order valence-electron chi connectivity index (χ4n) is 1.22. The van der Waals surface area contributed by atoms with E-state index in [1.165, 1.54) is 0 Å². The van der Waals surface area contributed by atoms with Crippen LogP contribution in [-0.2, 0) is 4.74 Å². The molecule has 18 heavy (non-hydrogen) atoms. The number of aliphatic imine (C=N–C) groups is 1. The van der Waals surface area contributed by atoms with Gasteiger partial charge in [0.1, 0.15) is 12.6 Å². The molecule has 0 rings (SSSR count). The van der Waals surface area contributed by atoms with Crippen LogP contribution in [0.5, 0.6) is 0 Å². The average molecular weight is 271 g/mol. The third-order valence-electron chi connectivity index (χ3n) is 2.31. The van der Waals surface area contributed by atoms with Gasteiger partial charge in [-0.3, -0.25) is 5.01 Å². The van der Waals surface area contributed by atoms with Gasteiger partial charge in [0.15, 0.2) is 0 Å². The molecule has 0 aliphatic rings. The molecule has 2 N–H and O–H groups in total. The van der Waals surface area contributed by atoms with Gasteiger partial charge in [0.05, 0.1) is 0 Å². The minimum absolute atomic E-state index is 0.400. The number of allylic oxidation sites excluding steroid dienone is 1. The quantitative estimate of drug-likeness (QED) is 0.175. The Balaban J connectivity index is 4.08. The molecule has 0 radical (unpaired) electrons. The van der Waals surface area contributed by atoms with Crippen LogP contribution in [-0.4, -0.2) is 32.6 Å². The molecule has 0 unspecified atom stereocenters. The van der Waals surface area contributed by atoms with Crippen LogP contribution in [0.3, 0.4) is 0 Å². The first-order valence-corrected chi connectivity index (χ1v) is 10.4. The van der Waals surface area contributed by atoms with Gasteiger partial charge in [-0.2, -0.15) is 0 Å². The summed E-state index contributed by atoms with van der Waals surface area (Å²) < 4.78 is 5.60. The Morgan fingerprint density at radius 1 is 1.28 bits per heavy atom. The van der Waals surface area contributed by atoms with E-state index < -0.39 is 8.07 Å². The Hall–Kier alpha value is -0.653. The molecule has 0 amide bonds. The molecule has 5 heteroatoms. The second-order valence-corrected chi connectivity index (χ2v) is 11.1. The Labute approximate surface area is 113 Å². The summed E-state index contributed by atoms with van der Waals surface area (Å²) in [6, 6.07) is 1.16. The first kappa shape index (κ1) is 17.3. The maximum atomic E-state index is 5.93. The van der Waals surface area contributed by atoms with Gasteiger partial charge in [-0.05, 0) is 25.0 Å². The molecule has 0 atom stereocenters. The van der Waals surface area contributed by atoms with E-state index in [1.54, 1.807) is 5.01 Å². The number of nitrogens with two attached hydrogens (primary N) is 1. The Kier molecular flexibility index (Phi) is 8.96. The van der Waals surface area contributed by atoms with E-state index >= 15 is 0 Å². The van der Waals surface area contributed by atoms with E-state index in [9.17, 15) is 0 Å². The molecule has 0 aromatic heterocycles. The molecule has 0 aromatic carbocycles. The number of hydrogen-bond acceptors (Lipinski definition) is 4. The monoisotopic (exact) mass is 271 g/mol. The minimum Gasteiger partial charge on any atom is -0.360 e. The van der Waals surface area contributed by atoms with Crippen molar-refractivity contribution >= 4 is 14.3 Å². The number of hydrazine groups is 1. The van der Waals surface area contributed by atoms with Gasteiger partial charge in [-0.25, -0.2) is 10.8 Å². The molecule has 0 saturated heterocycles. The Morgan fingerprint density at radius 2 is 1.94 bits per heavy atom. The smallest absolute Gasteiger partial charge is 0.140 e. The van der Waals surface area contributed by atoms with Crippen molar-refractivity contribution < 1.29 is 4.74 Å². The van der Waals surface area contributed by atoms with Crippen LogP contribution in [0, 0.1) is 0 Å². The topological polar surface area (TPSA) is 50.8 Å². The van der Waals surface area contributed by atoms with Gasteiger partial charge in [-0.1, -0.05) is 33.5 Å². The van der Waals surface area contributed by atoms with E-state index in [0.29, 0.717) is 6.73 Å². The van der Waals surface area contributed by atoms with Gasteiger partial charge in [-0.15, -0.1) is 0 Å². The van der Waals surface area contributed by atoms with E-state index in [2.05, 4.69) is 38.5 Å². The molecule has 106 valence electrons. The van der Waals surface area contributed by atoms with Crippen molar-refractivity contribution in [3.63, 3.8) is 0 Å². The van der Waals surface area contributed by atoms with Crippen molar-refractivity contribution in [2.45, 2.75) is 52.4 Å². The summed E-state index contributed by atoms with van der Waals surface area (Å²) in [6.07, 6.45) is 5.70. The molecule has 0 spiro atoms. The van der Waals surface area contributed by atoms with Crippen molar-refractivity contribution in [2.24, 2.45) is 10.8 Å². The largest absolute Gasteiger partial charge is 0.360 e. The number of rotatable bonds is 9. The predicted molar refractivity (Wildman–Crippen MR) is 82.2 cm³/mol. The third-order valence-corrected chi connectivity index (χ3v) is 4.02. The first-order valence-electron chi connectivity index (χ1n) is 6.73. The summed E-state index contributed by atoms with van der Waals surface area (Å²) in [5.74, 6) is 6.72. The third kappa shape index (κ3) is 9.38. The lowest BCUT2D eigenvalue weighted by Gasteiger charge is -2.20. The average Bonchev–Trinajstić information content (AvgIpc) is 2.28. The van der Waals surface area contributed by atoms with Crippen LogP contribution in [0.4, 0.5) is 0 Å². The van der Waals surface area contributed by atoms with E-state index in [0.717, 1.165) is 31.3 Å². The Morgan fingerprint density at radius 3 is 2.44 bits per heavy atom. The zero-order chi connectivity index (χ0) is 14.0. The van der Waals surface area contributed by atoms with Gasteiger partial charge in [0, 0.05) is 20.9 Å². The fourth-order valence-corrected chi connectivity index (χ4v) is 1.98. The summed E-state index contributed by atoms with van der Waals surface area (Å²) in [5, 5.41) is 1.57.